The summed E-state index contributed by atoms with van der Waals surface area (Å²) in [6.07, 6.45) is -0.532. The molecule has 3 aliphatic heterocycles. The van der Waals surface area contributed by atoms with Gasteiger partial charge in [-0.15, -0.1) is 0 Å². The first-order chi connectivity index (χ1) is 16.4. The van der Waals surface area contributed by atoms with Crippen LogP contribution in [-0.4, -0.2) is 71.9 Å². The lowest BCUT2D eigenvalue weighted by molar-refractivity contribution is -0.139. The second-order valence-corrected chi connectivity index (χ2v) is 9.56. The number of hydrogen-bond acceptors (Lipinski definition) is 6. The summed E-state index contributed by atoms with van der Waals surface area (Å²) in [6.45, 7) is 8.75. The Morgan fingerprint density at radius 3 is 2.50 bits per heavy atom. The Hall–Kier alpha value is -3.10. The number of nitrogens with zero attached hydrogens (tertiary/aromatic N) is 4. The molecule has 0 spiro atoms. The van der Waals surface area contributed by atoms with E-state index < -0.39 is 6.04 Å². The fraction of sp³-hybridized carbons (Fsp3) is 0.462. The molecule has 4 atom stereocenters. The number of amides is 3. The quantitative estimate of drug-likeness (QED) is 0.736. The van der Waals surface area contributed by atoms with Crippen molar-refractivity contribution in [1.29, 1.82) is 0 Å². The largest absolute Gasteiger partial charge is 0.494 e. The van der Waals surface area contributed by atoms with Gasteiger partial charge in [-0.1, -0.05) is 31.2 Å². The minimum absolute atomic E-state index is 0.132. The molecule has 4 unspecified atom stereocenters. The minimum Gasteiger partial charge on any atom is -0.494 e. The van der Waals surface area contributed by atoms with E-state index in [0.717, 1.165) is 35.7 Å². The molecule has 0 bridgehead atoms. The smallest absolute Gasteiger partial charge is 0.328 e. The zero-order chi connectivity index (χ0) is 24.0. The average molecular weight is 464 g/mol. The molecule has 3 saturated heterocycles. The van der Waals surface area contributed by atoms with Crippen molar-refractivity contribution in [3.05, 3.63) is 59.7 Å². The molecule has 8 nitrogen and oxygen atoms in total. The third-order valence-electron chi connectivity index (χ3n) is 7.15. The molecule has 8 heteroatoms. The van der Waals surface area contributed by atoms with Crippen LogP contribution in [0.25, 0.3) is 0 Å². The second kappa shape index (κ2) is 8.92. The van der Waals surface area contributed by atoms with E-state index in [9.17, 15) is 9.59 Å². The summed E-state index contributed by atoms with van der Waals surface area (Å²) in [5, 5.41) is 3.59. The van der Waals surface area contributed by atoms with Gasteiger partial charge < -0.3 is 14.5 Å². The summed E-state index contributed by atoms with van der Waals surface area (Å²) in [4.78, 5) is 34.6. The Bertz CT molecular complexity index is 1070. The molecule has 0 radical (unpaired) electrons. The van der Waals surface area contributed by atoms with Crippen LogP contribution < -0.4 is 15.0 Å². The molecule has 2 aromatic carbocycles. The molecule has 34 heavy (non-hydrogen) atoms. The maximum absolute atomic E-state index is 13.8. The summed E-state index contributed by atoms with van der Waals surface area (Å²) < 4.78 is 5.60. The average Bonchev–Trinajstić information content (AvgIpc) is 3.21. The normalized spacial score (nSPS) is 27.1. The number of carbonyl (C=O) groups excluding carboxylic acids is 2. The van der Waals surface area contributed by atoms with Gasteiger partial charge in [0.25, 0.3) is 5.91 Å². The van der Waals surface area contributed by atoms with Crippen LogP contribution in [0, 0.1) is 12.8 Å². The van der Waals surface area contributed by atoms with Gasteiger partial charge in [-0.2, -0.15) is 0 Å². The van der Waals surface area contributed by atoms with Gasteiger partial charge in [-0.25, -0.2) is 4.79 Å². The zero-order valence-corrected chi connectivity index (χ0v) is 20.3. The molecule has 3 amide bonds. The lowest BCUT2D eigenvalue weighted by Gasteiger charge is -2.46. The molecular weight excluding hydrogens is 430 g/mol. The molecule has 180 valence electrons. The van der Waals surface area contributed by atoms with Crippen LogP contribution in [0.4, 0.5) is 10.5 Å². The maximum atomic E-state index is 13.8. The number of nitrogens with one attached hydrogen (secondary N) is 1. The van der Waals surface area contributed by atoms with Crippen molar-refractivity contribution in [3.63, 3.8) is 0 Å². The van der Waals surface area contributed by atoms with E-state index >= 15 is 0 Å². The van der Waals surface area contributed by atoms with Crippen molar-refractivity contribution in [2.45, 2.75) is 45.8 Å². The molecule has 1 N–H and O–H groups in total. The summed E-state index contributed by atoms with van der Waals surface area (Å²) in [5.74, 6) is 1.07. The standard InChI is InChI=1S/C26H33N5O3/c1-5-34-21-12-10-20(11-13-21)29-14-17(2)15-30-22-23(27-25(29)30)28(4)26(33)31(24(22)32)16-19-9-7-6-8-18(19)3/h6-13,17,22-23,25,27H,5,14-16H2,1-4H3. The van der Waals surface area contributed by atoms with E-state index in [0.29, 0.717) is 12.5 Å². The highest BCUT2D eigenvalue weighted by molar-refractivity contribution is 6.00. The SMILES string of the molecule is CCOc1ccc(N2CC(C)CN3C4C(=O)N(Cc5ccccc5C)C(=O)N(C)C4NC23)cc1. The number of urea groups is 1. The number of benzene rings is 2. The van der Waals surface area contributed by atoms with Crippen LogP contribution in [0.1, 0.15) is 25.0 Å². The Morgan fingerprint density at radius 1 is 1.06 bits per heavy atom. The first-order valence-corrected chi connectivity index (χ1v) is 12.0. The van der Waals surface area contributed by atoms with E-state index in [2.05, 4.69) is 34.2 Å². The lowest BCUT2D eigenvalue weighted by Crippen LogP contribution is -2.66. The number of likely N-dealkylation sites (N-methyl/N-ethyl adjacent to an activating group) is 1. The topological polar surface area (TPSA) is 68.4 Å². The highest BCUT2D eigenvalue weighted by Crippen LogP contribution is 2.35. The summed E-state index contributed by atoms with van der Waals surface area (Å²) in [7, 11) is 1.79. The van der Waals surface area contributed by atoms with Gasteiger partial charge in [0, 0.05) is 25.8 Å². The summed E-state index contributed by atoms with van der Waals surface area (Å²) in [6, 6.07) is 15.3. The van der Waals surface area contributed by atoms with Crippen molar-refractivity contribution >= 4 is 17.6 Å². The van der Waals surface area contributed by atoms with Gasteiger partial charge in [0.1, 0.15) is 24.2 Å². The van der Waals surface area contributed by atoms with E-state index in [-0.39, 0.29) is 30.9 Å². The van der Waals surface area contributed by atoms with Gasteiger partial charge in [-0.3, -0.25) is 19.9 Å². The lowest BCUT2D eigenvalue weighted by atomic mass is 10.0. The number of aryl methyl sites for hydroxylation is 1. The van der Waals surface area contributed by atoms with Crippen molar-refractivity contribution in [3.8, 4) is 5.75 Å². The van der Waals surface area contributed by atoms with E-state index in [4.69, 9.17) is 4.74 Å². The van der Waals surface area contributed by atoms with Gasteiger partial charge in [0.15, 0.2) is 0 Å². The highest BCUT2D eigenvalue weighted by Gasteiger charge is 2.56. The van der Waals surface area contributed by atoms with Crippen molar-refractivity contribution in [1.82, 2.24) is 20.0 Å². The number of rotatable bonds is 5. The van der Waals surface area contributed by atoms with Crippen molar-refractivity contribution in [2.75, 3.05) is 31.6 Å². The molecule has 0 aliphatic carbocycles. The van der Waals surface area contributed by atoms with Crippen LogP contribution in [0.5, 0.6) is 5.75 Å². The predicted molar refractivity (Wildman–Crippen MR) is 130 cm³/mol. The Kier molecular flexibility index (Phi) is 5.95. The minimum atomic E-state index is -0.426. The first-order valence-electron chi connectivity index (χ1n) is 12.0. The molecule has 3 heterocycles. The fourth-order valence-electron chi connectivity index (χ4n) is 5.42. The number of imide groups is 1. The number of carbonyl (C=O) groups is 2. The van der Waals surface area contributed by atoms with Crippen molar-refractivity contribution < 1.29 is 14.3 Å². The summed E-state index contributed by atoms with van der Waals surface area (Å²) >= 11 is 0. The van der Waals surface area contributed by atoms with Gasteiger partial charge in [0.05, 0.1) is 13.2 Å². The first kappa shape index (κ1) is 22.7. The van der Waals surface area contributed by atoms with Crippen LogP contribution in [0.2, 0.25) is 0 Å². The molecule has 3 fully saturated rings. The Balaban J connectivity index is 1.43. The molecule has 0 saturated carbocycles. The second-order valence-electron chi connectivity index (χ2n) is 9.56. The number of hydrogen-bond donors (Lipinski definition) is 1. The number of ether oxygens (including phenoxy) is 1. The number of fused-ring (bicyclic) bond motifs is 3. The number of anilines is 1. The van der Waals surface area contributed by atoms with Crippen LogP contribution in [-0.2, 0) is 11.3 Å². The maximum Gasteiger partial charge on any atom is 0.328 e. The zero-order valence-electron chi connectivity index (χ0n) is 20.3. The van der Waals surface area contributed by atoms with Gasteiger partial charge in [-0.05, 0) is 55.2 Å². The molecular formula is C26H33N5O3. The van der Waals surface area contributed by atoms with Gasteiger partial charge in [0.2, 0.25) is 0 Å². The third-order valence-corrected chi connectivity index (χ3v) is 7.15. The van der Waals surface area contributed by atoms with E-state index in [1.54, 1.807) is 11.9 Å². The third kappa shape index (κ3) is 3.80. The fourth-order valence-corrected chi connectivity index (χ4v) is 5.42. The highest BCUT2D eigenvalue weighted by atomic mass is 16.5. The molecule has 0 aromatic heterocycles. The van der Waals surface area contributed by atoms with Gasteiger partial charge >= 0.3 is 6.03 Å². The Labute approximate surface area is 201 Å². The molecule has 3 aliphatic rings. The van der Waals surface area contributed by atoms with Crippen LogP contribution in [0.3, 0.4) is 0 Å². The van der Waals surface area contributed by atoms with Crippen molar-refractivity contribution in [2.24, 2.45) is 5.92 Å². The van der Waals surface area contributed by atoms with E-state index in [1.807, 2.05) is 50.2 Å². The predicted octanol–water partition coefficient (Wildman–Crippen LogP) is 2.83. The summed E-state index contributed by atoms with van der Waals surface area (Å²) in [5.41, 5.74) is 3.12. The van der Waals surface area contributed by atoms with E-state index in [1.165, 1.54) is 4.90 Å². The molecule has 2 aromatic rings. The van der Waals surface area contributed by atoms with Crippen LogP contribution in [0.15, 0.2) is 48.5 Å². The van der Waals surface area contributed by atoms with Crippen LogP contribution >= 0.6 is 0 Å². The monoisotopic (exact) mass is 463 g/mol. The molecule has 5 rings (SSSR count). The Morgan fingerprint density at radius 2 is 1.79 bits per heavy atom.